The van der Waals surface area contributed by atoms with E-state index in [1.54, 1.807) is 24.3 Å². The number of carbonyl (C=O) groups is 1. The van der Waals surface area contributed by atoms with Gasteiger partial charge in [-0.3, -0.25) is 0 Å². The minimum absolute atomic E-state index is 0.114. The second kappa shape index (κ2) is 9.33. The maximum Gasteiger partial charge on any atom is 0.344 e. The van der Waals surface area contributed by atoms with E-state index >= 15 is 0 Å². The van der Waals surface area contributed by atoms with Gasteiger partial charge in [0, 0.05) is 22.1 Å². The number of nitrogens with one attached hydrogen (secondary N) is 1. The minimum atomic E-state index is -0.383. The van der Waals surface area contributed by atoms with E-state index in [4.69, 9.17) is 25.8 Å². The summed E-state index contributed by atoms with van der Waals surface area (Å²) in [6.45, 7) is 2.77. The summed E-state index contributed by atoms with van der Waals surface area (Å²) >= 11 is 6.06. The van der Waals surface area contributed by atoms with Gasteiger partial charge in [-0.2, -0.15) is 0 Å². The Morgan fingerprint density at radius 2 is 1.81 bits per heavy atom. The maximum atomic E-state index is 11.8. The fourth-order valence-corrected chi connectivity index (χ4v) is 2.96. The van der Waals surface area contributed by atoms with Gasteiger partial charge in [-0.25, -0.2) is 4.79 Å². The van der Waals surface area contributed by atoms with Crippen LogP contribution in [-0.4, -0.2) is 30.8 Å². The lowest BCUT2D eigenvalue weighted by molar-refractivity contribution is -0.146. The molecule has 27 heavy (non-hydrogen) atoms. The third-order valence-electron chi connectivity index (χ3n) is 4.07. The summed E-state index contributed by atoms with van der Waals surface area (Å²) in [6, 6.07) is 12.9. The van der Waals surface area contributed by atoms with Gasteiger partial charge >= 0.3 is 5.97 Å². The average molecular weight is 388 g/mol. The van der Waals surface area contributed by atoms with E-state index in [9.17, 15) is 4.79 Å². The summed E-state index contributed by atoms with van der Waals surface area (Å²) in [4.78, 5) is 15.0. The van der Waals surface area contributed by atoms with E-state index in [0.29, 0.717) is 24.0 Å². The van der Waals surface area contributed by atoms with Gasteiger partial charge in [0.05, 0.1) is 13.2 Å². The van der Waals surface area contributed by atoms with E-state index in [0.717, 1.165) is 35.1 Å². The van der Waals surface area contributed by atoms with E-state index in [-0.39, 0.29) is 12.6 Å². The summed E-state index contributed by atoms with van der Waals surface area (Å²) in [5.41, 5.74) is 2.21. The van der Waals surface area contributed by atoms with Crippen LogP contribution >= 0.6 is 11.6 Å². The van der Waals surface area contributed by atoms with Gasteiger partial charge in [-0.05, 0) is 67.8 Å². The summed E-state index contributed by atoms with van der Waals surface area (Å²) in [6.07, 6.45) is 3.50. The predicted octanol–water partition coefficient (Wildman–Crippen LogP) is 4.77. The topological polar surface area (TPSA) is 60.6 Å². The molecule has 5 nitrogen and oxygen atoms in total. The van der Waals surface area contributed by atoms with E-state index in [1.807, 2.05) is 31.3 Å². The third kappa shape index (κ3) is 5.41. The van der Waals surface area contributed by atoms with Gasteiger partial charge in [0.2, 0.25) is 0 Å². The van der Waals surface area contributed by atoms with E-state index < -0.39 is 0 Å². The van der Waals surface area contributed by atoms with Gasteiger partial charge < -0.3 is 19.2 Å². The van der Waals surface area contributed by atoms with Gasteiger partial charge in [-0.1, -0.05) is 11.6 Å². The zero-order valence-corrected chi connectivity index (χ0v) is 15.9. The van der Waals surface area contributed by atoms with Crippen LogP contribution in [0, 0.1) is 0 Å². The molecule has 1 aromatic heterocycles. The number of hydrogen-bond donors (Lipinski definition) is 1. The smallest absolute Gasteiger partial charge is 0.344 e. The first kappa shape index (κ1) is 19.1. The number of aryl methyl sites for hydroxylation is 1. The lowest BCUT2D eigenvalue weighted by atomic mass is 10.1. The van der Waals surface area contributed by atoms with Crippen molar-refractivity contribution in [2.75, 3.05) is 19.8 Å². The minimum Gasteiger partial charge on any atom is -0.494 e. The number of H-pyrrole nitrogens is 1. The molecule has 0 aliphatic rings. The van der Waals surface area contributed by atoms with Crippen LogP contribution in [0.25, 0.3) is 10.9 Å². The molecule has 142 valence electrons. The highest BCUT2D eigenvalue weighted by Crippen LogP contribution is 2.23. The second-order valence-electron chi connectivity index (χ2n) is 6.02. The molecule has 0 unspecified atom stereocenters. The highest BCUT2D eigenvalue weighted by Gasteiger charge is 2.07. The molecule has 0 saturated heterocycles. The molecule has 2 aromatic carbocycles. The Morgan fingerprint density at radius 3 is 2.56 bits per heavy atom. The van der Waals surface area contributed by atoms with Gasteiger partial charge in [0.25, 0.3) is 0 Å². The van der Waals surface area contributed by atoms with Crippen LogP contribution in [0.15, 0.2) is 48.7 Å². The van der Waals surface area contributed by atoms with Crippen LogP contribution in [-0.2, 0) is 16.0 Å². The largest absolute Gasteiger partial charge is 0.494 e. The summed E-state index contributed by atoms with van der Waals surface area (Å²) < 4.78 is 16.0. The van der Waals surface area contributed by atoms with Crippen molar-refractivity contribution in [2.24, 2.45) is 0 Å². The maximum absolute atomic E-state index is 11.8. The van der Waals surface area contributed by atoms with Crippen molar-refractivity contribution in [1.29, 1.82) is 0 Å². The number of benzene rings is 2. The van der Waals surface area contributed by atoms with Crippen molar-refractivity contribution < 1.29 is 19.0 Å². The number of aromatic amines is 1. The number of ether oxygens (including phenoxy) is 3. The quantitative estimate of drug-likeness (QED) is 0.424. The lowest BCUT2D eigenvalue weighted by Crippen LogP contribution is -2.15. The molecule has 1 heterocycles. The molecule has 0 amide bonds. The van der Waals surface area contributed by atoms with Crippen LogP contribution in [0.5, 0.6) is 11.5 Å². The lowest BCUT2D eigenvalue weighted by Gasteiger charge is -2.08. The Hall–Kier alpha value is -2.66. The molecule has 0 atom stereocenters. The zero-order valence-electron chi connectivity index (χ0n) is 15.2. The Kier molecular flexibility index (Phi) is 6.60. The molecule has 0 spiro atoms. The van der Waals surface area contributed by atoms with E-state index in [2.05, 4.69) is 4.98 Å². The normalized spacial score (nSPS) is 10.7. The Morgan fingerprint density at radius 1 is 1.07 bits per heavy atom. The van der Waals surface area contributed by atoms with Crippen LogP contribution in [0.4, 0.5) is 0 Å². The fourth-order valence-electron chi connectivity index (χ4n) is 2.79. The molecule has 0 radical (unpaired) electrons. The summed E-state index contributed by atoms with van der Waals surface area (Å²) in [7, 11) is 0. The Labute approximate surface area is 163 Å². The van der Waals surface area contributed by atoms with Crippen molar-refractivity contribution in [3.05, 3.63) is 59.2 Å². The molecule has 3 rings (SSSR count). The van der Waals surface area contributed by atoms with Crippen molar-refractivity contribution in [1.82, 2.24) is 4.98 Å². The molecule has 0 bridgehead atoms. The molecular formula is C21H22ClNO4. The third-order valence-corrected chi connectivity index (χ3v) is 4.31. The Bertz CT molecular complexity index is 889. The second-order valence-corrected chi connectivity index (χ2v) is 6.46. The van der Waals surface area contributed by atoms with Gasteiger partial charge in [0.1, 0.15) is 11.5 Å². The van der Waals surface area contributed by atoms with Crippen LogP contribution in [0.2, 0.25) is 5.02 Å². The molecule has 3 aromatic rings. The van der Waals surface area contributed by atoms with Crippen LogP contribution in [0.3, 0.4) is 0 Å². The molecule has 1 N–H and O–H groups in total. The first-order chi connectivity index (χ1) is 13.2. The molecule has 6 heteroatoms. The average Bonchev–Trinajstić information content (AvgIpc) is 3.07. The predicted molar refractivity (Wildman–Crippen MR) is 106 cm³/mol. The summed E-state index contributed by atoms with van der Waals surface area (Å²) in [5, 5.41) is 1.81. The van der Waals surface area contributed by atoms with Crippen molar-refractivity contribution in [2.45, 2.75) is 19.8 Å². The standard InChI is InChI=1S/C21H22ClNO4/c1-2-25-17-6-8-18(9-7-17)27-14-21(24)26-11-3-4-15-13-23-20-10-5-16(22)12-19(15)20/h5-10,12-13,23H,2-4,11,14H2,1H3. The number of esters is 1. The number of hydrogen-bond acceptors (Lipinski definition) is 4. The van der Waals surface area contributed by atoms with Crippen LogP contribution in [0.1, 0.15) is 18.9 Å². The molecule has 0 saturated carbocycles. The van der Waals surface area contributed by atoms with Gasteiger partial charge in [0.15, 0.2) is 6.61 Å². The first-order valence-corrected chi connectivity index (χ1v) is 9.30. The highest BCUT2D eigenvalue weighted by atomic mass is 35.5. The number of rotatable bonds is 9. The monoisotopic (exact) mass is 387 g/mol. The Balaban J connectivity index is 1.38. The van der Waals surface area contributed by atoms with Crippen molar-refractivity contribution in [3.63, 3.8) is 0 Å². The molecule has 0 aliphatic carbocycles. The molecule has 0 aliphatic heterocycles. The fraction of sp³-hybridized carbons (Fsp3) is 0.286. The van der Waals surface area contributed by atoms with Crippen LogP contribution < -0.4 is 9.47 Å². The van der Waals surface area contributed by atoms with E-state index in [1.165, 1.54) is 0 Å². The molecule has 0 fully saturated rings. The SMILES string of the molecule is CCOc1ccc(OCC(=O)OCCCc2c[nH]c3ccc(Cl)cc23)cc1. The van der Waals surface area contributed by atoms with Crippen molar-refractivity contribution >= 4 is 28.5 Å². The number of fused-ring (bicyclic) bond motifs is 1. The highest BCUT2D eigenvalue weighted by molar-refractivity contribution is 6.31. The molecular weight excluding hydrogens is 366 g/mol. The summed E-state index contributed by atoms with van der Waals surface area (Å²) in [5.74, 6) is 0.989. The number of halogens is 1. The zero-order chi connectivity index (χ0) is 19.1. The van der Waals surface area contributed by atoms with Gasteiger partial charge in [-0.15, -0.1) is 0 Å². The number of aromatic nitrogens is 1. The first-order valence-electron chi connectivity index (χ1n) is 8.92. The number of carbonyl (C=O) groups excluding carboxylic acids is 1. The van der Waals surface area contributed by atoms with Crippen molar-refractivity contribution in [3.8, 4) is 11.5 Å².